The first-order chi connectivity index (χ1) is 16.8. The van der Waals surface area contributed by atoms with E-state index in [0.717, 1.165) is 41.4 Å². The third kappa shape index (κ3) is 4.87. The Hall–Kier alpha value is -4.30. The maximum atomic E-state index is 12.8. The summed E-state index contributed by atoms with van der Waals surface area (Å²) < 4.78 is 7.23. The molecule has 0 atom stereocenters. The molecule has 3 aromatic heterocycles. The van der Waals surface area contributed by atoms with Crippen LogP contribution >= 0.6 is 0 Å². The molecule has 1 aliphatic rings. The lowest BCUT2D eigenvalue weighted by atomic mass is 10.1. The van der Waals surface area contributed by atoms with Crippen molar-refractivity contribution in [3.63, 3.8) is 0 Å². The molecule has 1 saturated heterocycles. The molecule has 5 rings (SSSR count). The normalized spacial score (nSPS) is 13.8. The molecule has 0 radical (unpaired) electrons. The standard InChI is InChI=1S/C26H24N6O2/c33-24(29-23-9-5-13-28-26(23)31-14-16-34-17-15-31)11-10-21-19-32(22-7-2-1-3-8-22)30-25(21)20-6-4-12-27-18-20/h1-13,18-19H,14-17H2,(H,29,33)/b11-10+. The Morgan fingerprint density at radius 3 is 2.62 bits per heavy atom. The summed E-state index contributed by atoms with van der Waals surface area (Å²) in [5.41, 5.74) is 4.04. The fourth-order valence-electron chi connectivity index (χ4n) is 3.81. The first kappa shape index (κ1) is 21.5. The van der Waals surface area contributed by atoms with Gasteiger partial charge in [0.25, 0.3) is 0 Å². The van der Waals surface area contributed by atoms with Crippen molar-refractivity contribution in [2.75, 3.05) is 36.5 Å². The number of carbonyl (C=O) groups is 1. The number of nitrogens with zero attached hydrogens (tertiary/aromatic N) is 5. The molecule has 0 saturated carbocycles. The molecule has 1 N–H and O–H groups in total. The van der Waals surface area contributed by atoms with Crippen molar-refractivity contribution in [2.45, 2.75) is 0 Å². The summed E-state index contributed by atoms with van der Waals surface area (Å²) in [6.45, 7) is 2.77. The number of benzene rings is 1. The topological polar surface area (TPSA) is 85.2 Å². The van der Waals surface area contributed by atoms with E-state index >= 15 is 0 Å². The number of hydrogen-bond acceptors (Lipinski definition) is 6. The number of anilines is 2. The van der Waals surface area contributed by atoms with Crippen LogP contribution in [0.15, 0.2) is 85.5 Å². The highest BCUT2D eigenvalue weighted by Gasteiger charge is 2.17. The molecule has 4 heterocycles. The number of rotatable bonds is 6. The first-order valence-corrected chi connectivity index (χ1v) is 11.1. The van der Waals surface area contributed by atoms with Gasteiger partial charge in [0, 0.05) is 55.1 Å². The number of para-hydroxylation sites is 1. The Morgan fingerprint density at radius 2 is 1.82 bits per heavy atom. The summed E-state index contributed by atoms with van der Waals surface area (Å²) in [5, 5.41) is 7.72. The second-order valence-electron chi connectivity index (χ2n) is 7.75. The highest BCUT2D eigenvalue weighted by atomic mass is 16.5. The predicted molar refractivity (Wildman–Crippen MR) is 132 cm³/mol. The summed E-state index contributed by atoms with van der Waals surface area (Å²) in [7, 11) is 0. The van der Waals surface area contributed by atoms with Gasteiger partial charge in [0.15, 0.2) is 5.82 Å². The van der Waals surface area contributed by atoms with Crippen molar-refractivity contribution in [3.05, 3.63) is 91.0 Å². The number of pyridine rings is 2. The lowest BCUT2D eigenvalue weighted by Gasteiger charge is -2.29. The minimum atomic E-state index is -0.243. The van der Waals surface area contributed by atoms with Gasteiger partial charge in [0.05, 0.1) is 24.6 Å². The van der Waals surface area contributed by atoms with Gasteiger partial charge in [-0.2, -0.15) is 5.10 Å². The number of ether oxygens (including phenoxy) is 1. The van der Waals surface area contributed by atoms with Crippen LogP contribution in [0.25, 0.3) is 23.0 Å². The number of carbonyl (C=O) groups excluding carboxylic acids is 1. The lowest BCUT2D eigenvalue weighted by Crippen LogP contribution is -2.37. The number of aromatic nitrogens is 4. The van der Waals surface area contributed by atoms with Gasteiger partial charge < -0.3 is 15.0 Å². The SMILES string of the molecule is O=C(/C=C/c1cn(-c2ccccc2)nc1-c1cccnc1)Nc1cccnc1N1CCOCC1. The van der Waals surface area contributed by atoms with Crippen LogP contribution in [0, 0.1) is 0 Å². The highest BCUT2D eigenvalue weighted by Crippen LogP contribution is 2.25. The molecule has 8 nitrogen and oxygen atoms in total. The van der Waals surface area contributed by atoms with Gasteiger partial charge in [-0.3, -0.25) is 9.78 Å². The zero-order valence-corrected chi connectivity index (χ0v) is 18.5. The Kier molecular flexibility index (Phi) is 6.40. The van der Waals surface area contributed by atoms with E-state index in [1.165, 1.54) is 6.08 Å². The summed E-state index contributed by atoms with van der Waals surface area (Å²) in [6, 6.07) is 17.3. The molecule has 0 aliphatic carbocycles. The van der Waals surface area contributed by atoms with Crippen LogP contribution in [0.5, 0.6) is 0 Å². The van der Waals surface area contributed by atoms with E-state index in [-0.39, 0.29) is 5.91 Å². The van der Waals surface area contributed by atoms with Crippen molar-refractivity contribution >= 4 is 23.5 Å². The lowest BCUT2D eigenvalue weighted by molar-refractivity contribution is -0.111. The third-order valence-electron chi connectivity index (χ3n) is 5.47. The Balaban J connectivity index is 1.40. The molecule has 1 aromatic carbocycles. The smallest absolute Gasteiger partial charge is 0.248 e. The molecular formula is C26H24N6O2. The molecule has 1 fully saturated rings. The minimum absolute atomic E-state index is 0.243. The molecular weight excluding hydrogens is 428 g/mol. The Bertz CT molecular complexity index is 1280. The maximum absolute atomic E-state index is 12.8. The quantitative estimate of drug-likeness (QED) is 0.448. The molecule has 34 heavy (non-hydrogen) atoms. The van der Waals surface area contributed by atoms with E-state index in [1.807, 2.05) is 60.8 Å². The second kappa shape index (κ2) is 10.1. The van der Waals surface area contributed by atoms with Crippen LogP contribution in [-0.4, -0.2) is 52.0 Å². The summed E-state index contributed by atoms with van der Waals surface area (Å²) >= 11 is 0. The number of hydrogen-bond donors (Lipinski definition) is 1. The Labute approximate surface area is 197 Å². The van der Waals surface area contributed by atoms with E-state index in [0.29, 0.717) is 18.9 Å². The largest absolute Gasteiger partial charge is 0.378 e. The van der Waals surface area contributed by atoms with Crippen LogP contribution in [0.1, 0.15) is 5.56 Å². The summed E-state index contributed by atoms with van der Waals surface area (Å²) in [5.74, 6) is 0.507. The molecule has 0 bridgehead atoms. The van der Waals surface area contributed by atoms with Gasteiger partial charge in [0.1, 0.15) is 5.69 Å². The fourth-order valence-corrected chi connectivity index (χ4v) is 3.81. The van der Waals surface area contributed by atoms with Crippen LogP contribution in [0.2, 0.25) is 0 Å². The van der Waals surface area contributed by atoms with Crippen LogP contribution in [0.3, 0.4) is 0 Å². The zero-order chi connectivity index (χ0) is 23.2. The van der Waals surface area contributed by atoms with Crippen molar-refractivity contribution < 1.29 is 9.53 Å². The van der Waals surface area contributed by atoms with Crippen molar-refractivity contribution in [1.29, 1.82) is 0 Å². The number of nitrogens with one attached hydrogen (secondary N) is 1. The van der Waals surface area contributed by atoms with Crippen LogP contribution < -0.4 is 10.2 Å². The van der Waals surface area contributed by atoms with E-state index in [2.05, 4.69) is 20.2 Å². The molecule has 4 aromatic rings. The maximum Gasteiger partial charge on any atom is 0.248 e. The van der Waals surface area contributed by atoms with Crippen molar-refractivity contribution in [2.24, 2.45) is 0 Å². The molecule has 1 amide bonds. The second-order valence-corrected chi connectivity index (χ2v) is 7.75. The minimum Gasteiger partial charge on any atom is -0.378 e. The molecule has 0 spiro atoms. The number of morpholine rings is 1. The monoisotopic (exact) mass is 452 g/mol. The van der Waals surface area contributed by atoms with Crippen LogP contribution in [-0.2, 0) is 9.53 Å². The first-order valence-electron chi connectivity index (χ1n) is 11.1. The van der Waals surface area contributed by atoms with Gasteiger partial charge in [-0.1, -0.05) is 18.2 Å². The van der Waals surface area contributed by atoms with Crippen LogP contribution in [0.4, 0.5) is 11.5 Å². The Morgan fingerprint density at radius 1 is 1.00 bits per heavy atom. The van der Waals surface area contributed by atoms with E-state index in [9.17, 15) is 4.79 Å². The van der Waals surface area contributed by atoms with E-state index < -0.39 is 0 Å². The molecule has 8 heteroatoms. The van der Waals surface area contributed by atoms with Gasteiger partial charge in [0.2, 0.25) is 5.91 Å². The van der Waals surface area contributed by atoms with E-state index in [1.54, 1.807) is 29.3 Å². The molecule has 0 unspecified atom stereocenters. The van der Waals surface area contributed by atoms with Gasteiger partial charge >= 0.3 is 0 Å². The van der Waals surface area contributed by atoms with Crippen molar-refractivity contribution in [1.82, 2.24) is 19.7 Å². The molecule has 170 valence electrons. The van der Waals surface area contributed by atoms with Gasteiger partial charge in [-0.05, 0) is 42.5 Å². The third-order valence-corrected chi connectivity index (χ3v) is 5.47. The summed E-state index contributed by atoms with van der Waals surface area (Å²) in [6.07, 6.45) is 10.4. The summed E-state index contributed by atoms with van der Waals surface area (Å²) in [4.78, 5) is 23.6. The average Bonchev–Trinajstić information content (AvgIpc) is 3.34. The zero-order valence-electron chi connectivity index (χ0n) is 18.5. The highest BCUT2D eigenvalue weighted by molar-refractivity contribution is 6.03. The van der Waals surface area contributed by atoms with E-state index in [4.69, 9.17) is 9.84 Å². The predicted octanol–water partition coefficient (Wildman–Crippen LogP) is 3.82. The molecule has 1 aliphatic heterocycles. The fraction of sp³-hybridized carbons (Fsp3) is 0.154. The average molecular weight is 453 g/mol. The van der Waals surface area contributed by atoms with Gasteiger partial charge in [-0.25, -0.2) is 9.67 Å². The van der Waals surface area contributed by atoms with Crippen molar-refractivity contribution in [3.8, 4) is 16.9 Å². The number of amides is 1. The van der Waals surface area contributed by atoms with Gasteiger partial charge in [-0.15, -0.1) is 0 Å².